The van der Waals surface area contributed by atoms with Gasteiger partial charge < -0.3 is 20.4 Å². The maximum Gasteiger partial charge on any atom is 0.317 e. The van der Waals surface area contributed by atoms with Gasteiger partial charge in [0.25, 0.3) is 0 Å². The number of aliphatic carboxylic acids is 1. The minimum atomic E-state index is -0.919. The molecule has 1 rings (SSSR count). The van der Waals surface area contributed by atoms with Crippen molar-refractivity contribution in [2.24, 2.45) is 11.3 Å². The Morgan fingerprint density at radius 2 is 2.05 bits per heavy atom. The summed E-state index contributed by atoms with van der Waals surface area (Å²) in [6.45, 7) is 7.01. The Morgan fingerprint density at radius 3 is 2.55 bits per heavy atom. The molecule has 0 bridgehead atoms. The van der Waals surface area contributed by atoms with E-state index in [0.29, 0.717) is 13.1 Å². The van der Waals surface area contributed by atoms with Crippen LogP contribution >= 0.6 is 0 Å². The largest absolute Gasteiger partial charge is 0.481 e. The molecule has 0 radical (unpaired) electrons. The van der Waals surface area contributed by atoms with Gasteiger partial charge in [-0.1, -0.05) is 20.8 Å². The molecule has 1 heterocycles. The number of carbonyl (C=O) groups is 2. The highest BCUT2D eigenvalue weighted by Crippen LogP contribution is 2.23. The predicted octanol–water partition coefficient (Wildman–Crippen LogP) is 1.29. The van der Waals surface area contributed by atoms with Crippen LogP contribution in [0.2, 0.25) is 0 Å². The molecule has 6 nitrogen and oxygen atoms in total. The lowest BCUT2D eigenvalue weighted by Gasteiger charge is -2.36. The first-order valence-corrected chi connectivity index (χ1v) is 7.12. The summed E-state index contributed by atoms with van der Waals surface area (Å²) in [5.74, 6) is -0.792. The van der Waals surface area contributed by atoms with E-state index in [1.165, 1.54) is 0 Å². The van der Waals surface area contributed by atoms with Crippen LogP contribution < -0.4 is 5.32 Å². The van der Waals surface area contributed by atoms with Crippen molar-refractivity contribution in [3.63, 3.8) is 0 Å². The molecule has 0 aromatic rings. The van der Waals surface area contributed by atoms with Crippen molar-refractivity contribution >= 4 is 12.0 Å². The van der Waals surface area contributed by atoms with E-state index in [1.54, 1.807) is 4.90 Å². The maximum atomic E-state index is 12.2. The quantitative estimate of drug-likeness (QED) is 0.726. The highest BCUT2D eigenvalue weighted by atomic mass is 16.4. The molecule has 0 aromatic heterocycles. The van der Waals surface area contributed by atoms with Crippen molar-refractivity contribution in [3.8, 4) is 0 Å². The summed E-state index contributed by atoms with van der Waals surface area (Å²) in [7, 11) is 0. The molecule has 20 heavy (non-hydrogen) atoms. The van der Waals surface area contributed by atoms with E-state index in [4.69, 9.17) is 5.11 Å². The molecular weight excluding hydrogens is 260 g/mol. The maximum absolute atomic E-state index is 12.2. The number of carboxylic acid groups (broad SMARTS) is 1. The standard InChI is InChI=1S/C14H26N2O4/c1-14(2,3)11(7-12(18)19)15-13(20)16-6-4-5-10(8-16)9-17/h10-11,17H,4-9H2,1-3H3,(H,15,20)(H,18,19). The zero-order valence-electron chi connectivity index (χ0n) is 12.6. The van der Waals surface area contributed by atoms with Crippen molar-refractivity contribution in [2.75, 3.05) is 19.7 Å². The van der Waals surface area contributed by atoms with Crippen LogP contribution in [0.25, 0.3) is 0 Å². The lowest BCUT2D eigenvalue weighted by molar-refractivity contribution is -0.138. The highest BCUT2D eigenvalue weighted by Gasteiger charge is 2.31. The number of likely N-dealkylation sites (tertiary alicyclic amines) is 1. The van der Waals surface area contributed by atoms with Crippen molar-refractivity contribution in [2.45, 2.75) is 46.1 Å². The van der Waals surface area contributed by atoms with Crippen LogP contribution in [0.1, 0.15) is 40.0 Å². The number of rotatable bonds is 4. The molecule has 1 aliphatic rings. The molecule has 1 saturated heterocycles. The molecule has 3 N–H and O–H groups in total. The number of piperidine rings is 1. The SMILES string of the molecule is CC(C)(C)C(CC(=O)O)NC(=O)N1CCCC(CO)C1. The van der Waals surface area contributed by atoms with Crippen LogP contribution in [0.15, 0.2) is 0 Å². The Hall–Kier alpha value is -1.30. The molecule has 2 unspecified atom stereocenters. The average molecular weight is 286 g/mol. The third-order valence-electron chi connectivity index (χ3n) is 3.79. The fraction of sp³-hybridized carbons (Fsp3) is 0.857. The normalized spacial score (nSPS) is 21.4. The third kappa shape index (κ3) is 5.00. The topological polar surface area (TPSA) is 89.9 Å². The fourth-order valence-corrected chi connectivity index (χ4v) is 2.39. The number of carbonyl (C=O) groups excluding carboxylic acids is 1. The van der Waals surface area contributed by atoms with Gasteiger partial charge in [0.15, 0.2) is 0 Å². The number of urea groups is 1. The number of nitrogens with one attached hydrogen (secondary N) is 1. The predicted molar refractivity (Wildman–Crippen MR) is 75.4 cm³/mol. The number of amides is 2. The van der Waals surface area contributed by atoms with Crippen LogP contribution in [-0.4, -0.2) is 52.9 Å². The molecule has 0 aliphatic carbocycles. The second-order valence-corrected chi connectivity index (χ2v) is 6.60. The summed E-state index contributed by atoms with van der Waals surface area (Å²) in [6.07, 6.45) is 1.71. The van der Waals surface area contributed by atoms with E-state index in [0.717, 1.165) is 12.8 Å². The van der Waals surface area contributed by atoms with E-state index >= 15 is 0 Å². The van der Waals surface area contributed by atoms with Crippen molar-refractivity contribution < 1.29 is 19.8 Å². The van der Waals surface area contributed by atoms with Crippen molar-refractivity contribution in [1.82, 2.24) is 10.2 Å². The monoisotopic (exact) mass is 286 g/mol. The van der Waals surface area contributed by atoms with Gasteiger partial charge in [-0.2, -0.15) is 0 Å². The van der Waals surface area contributed by atoms with Gasteiger partial charge in [-0.25, -0.2) is 4.79 Å². The number of aliphatic hydroxyl groups excluding tert-OH is 1. The summed E-state index contributed by atoms with van der Waals surface area (Å²) < 4.78 is 0. The van der Waals surface area contributed by atoms with E-state index in [2.05, 4.69) is 5.32 Å². The molecule has 6 heteroatoms. The van der Waals surface area contributed by atoms with Gasteiger partial charge in [-0.3, -0.25) is 4.79 Å². The van der Waals surface area contributed by atoms with Crippen LogP contribution in [-0.2, 0) is 4.79 Å². The minimum Gasteiger partial charge on any atom is -0.481 e. The summed E-state index contributed by atoms with van der Waals surface area (Å²) in [6, 6.07) is -0.647. The Kier molecular flexibility index (Phi) is 5.80. The van der Waals surface area contributed by atoms with Gasteiger partial charge in [0.05, 0.1) is 6.42 Å². The summed E-state index contributed by atoms with van der Waals surface area (Å²) in [4.78, 5) is 24.8. The van der Waals surface area contributed by atoms with Gasteiger partial charge in [0.1, 0.15) is 0 Å². The van der Waals surface area contributed by atoms with Crippen LogP contribution in [0.3, 0.4) is 0 Å². The highest BCUT2D eigenvalue weighted by molar-refractivity contribution is 5.76. The Morgan fingerprint density at radius 1 is 1.40 bits per heavy atom. The van der Waals surface area contributed by atoms with Crippen molar-refractivity contribution in [1.29, 1.82) is 0 Å². The number of nitrogens with zero attached hydrogens (tertiary/aromatic N) is 1. The number of aliphatic hydroxyl groups is 1. The third-order valence-corrected chi connectivity index (χ3v) is 3.79. The second kappa shape index (κ2) is 6.92. The zero-order valence-corrected chi connectivity index (χ0v) is 12.6. The van der Waals surface area contributed by atoms with Crippen LogP contribution in [0.5, 0.6) is 0 Å². The average Bonchev–Trinajstić information content (AvgIpc) is 2.36. The first kappa shape index (κ1) is 16.8. The molecule has 116 valence electrons. The van der Waals surface area contributed by atoms with E-state index in [-0.39, 0.29) is 30.4 Å². The molecule has 1 aliphatic heterocycles. The van der Waals surface area contributed by atoms with E-state index < -0.39 is 12.0 Å². The lowest BCUT2D eigenvalue weighted by atomic mass is 9.85. The van der Waals surface area contributed by atoms with Crippen molar-refractivity contribution in [3.05, 3.63) is 0 Å². The van der Waals surface area contributed by atoms with Gasteiger partial charge >= 0.3 is 12.0 Å². The van der Waals surface area contributed by atoms with Crippen LogP contribution in [0.4, 0.5) is 4.79 Å². The van der Waals surface area contributed by atoms with Gasteiger partial charge in [0, 0.05) is 25.7 Å². The summed E-state index contributed by atoms with van der Waals surface area (Å²) in [5.41, 5.74) is -0.319. The molecule has 2 amide bonds. The minimum absolute atomic E-state index is 0.0849. The van der Waals surface area contributed by atoms with Gasteiger partial charge in [0.2, 0.25) is 0 Å². The molecule has 0 spiro atoms. The lowest BCUT2D eigenvalue weighted by Crippen LogP contribution is -2.52. The summed E-state index contributed by atoms with van der Waals surface area (Å²) in [5, 5.41) is 21.0. The zero-order chi connectivity index (χ0) is 15.3. The number of hydrogen-bond donors (Lipinski definition) is 3. The van der Waals surface area contributed by atoms with Gasteiger partial charge in [-0.15, -0.1) is 0 Å². The molecule has 2 atom stereocenters. The van der Waals surface area contributed by atoms with E-state index in [9.17, 15) is 14.7 Å². The Bertz CT molecular complexity index is 352. The van der Waals surface area contributed by atoms with E-state index in [1.807, 2.05) is 20.8 Å². The first-order valence-electron chi connectivity index (χ1n) is 7.12. The smallest absolute Gasteiger partial charge is 0.317 e. The Labute approximate surface area is 120 Å². The molecular formula is C14H26N2O4. The second-order valence-electron chi connectivity index (χ2n) is 6.60. The molecule has 0 saturated carbocycles. The first-order chi connectivity index (χ1) is 9.24. The van der Waals surface area contributed by atoms with Gasteiger partial charge in [-0.05, 0) is 24.2 Å². The molecule has 0 aromatic carbocycles. The fourth-order valence-electron chi connectivity index (χ4n) is 2.39. The Balaban J connectivity index is 2.63. The molecule has 1 fully saturated rings. The number of carboxylic acids is 1. The number of hydrogen-bond acceptors (Lipinski definition) is 3. The van der Waals surface area contributed by atoms with Crippen LogP contribution in [0, 0.1) is 11.3 Å². The summed E-state index contributed by atoms with van der Waals surface area (Å²) >= 11 is 0.